The van der Waals surface area contributed by atoms with Crippen molar-refractivity contribution >= 4 is 5.91 Å². The molecule has 2 heterocycles. The summed E-state index contributed by atoms with van der Waals surface area (Å²) in [5, 5.41) is 2.92. The van der Waals surface area contributed by atoms with Gasteiger partial charge in [-0.3, -0.25) is 4.79 Å². The van der Waals surface area contributed by atoms with Crippen LogP contribution in [0.2, 0.25) is 0 Å². The van der Waals surface area contributed by atoms with E-state index >= 15 is 0 Å². The van der Waals surface area contributed by atoms with E-state index in [4.69, 9.17) is 9.47 Å². The van der Waals surface area contributed by atoms with Gasteiger partial charge in [0.15, 0.2) is 0 Å². The number of hydrogen-bond donors (Lipinski definition) is 1. The van der Waals surface area contributed by atoms with E-state index in [0.29, 0.717) is 6.10 Å². The summed E-state index contributed by atoms with van der Waals surface area (Å²) >= 11 is 0. The largest absolute Gasteiger partial charge is 0.375 e. The molecule has 0 unspecified atom stereocenters. The van der Waals surface area contributed by atoms with Gasteiger partial charge in [0.05, 0.1) is 18.2 Å². The standard InChI is InChI=1S/C9H15NO3/c1-12-5-9(11)10-7-4-6-2-3-8(7)13-6/h6-8H,2-5H2,1H3,(H,10,11)/t6-,7-,8+/m1/s1. The van der Waals surface area contributed by atoms with Crippen LogP contribution in [0.5, 0.6) is 0 Å². The van der Waals surface area contributed by atoms with Gasteiger partial charge in [-0.05, 0) is 19.3 Å². The van der Waals surface area contributed by atoms with Crippen molar-refractivity contribution < 1.29 is 14.3 Å². The molecule has 0 saturated carbocycles. The number of carbonyl (C=O) groups is 1. The third-order valence-corrected chi connectivity index (χ3v) is 2.73. The predicted molar refractivity (Wildman–Crippen MR) is 46.3 cm³/mol. The van der Waals surface area contributed by atoms with Crippen molar-refractivity contribution in [3.63, 3.8) is 0 Å². The fourth-order valence-electron chi connectivity index (χ4n) is 2.17. The SMILES string of the molecule is COCC(=O)N[C@@H]1C[C@H]2CC[C@@H]1O2. The van der Waals surface area contributed by atoms with Gasteiger partial charge in [0, 0.05) is 7.11 Å². The molecule has 3 atom stereocenters. The van der Waals surface area contributed by atoms with Crippen LogP contribution in [-0.2, 0) is 14.3 Å². The van der Waals surface area contributed by atoms with E-state index in [2.05, 4.69) is 5.32 Å². The highest BCUT2D eigenvalue weighted by Crippen LogP contribution is 2.34. The van der Waals surface area contributed by atoms with Crippen molar-refractivity contribution in [3.8, 4) is 0 Å². The first kappa shape index (κ1) is 8.97. The van der Waals surface area contributed by atoms with Crippen LogP contribution in [0.1, 0.15) is 19.3 Å². The van der Waals surface area contributed by atoms with Gasteiger partial charge in [0.25, 0.3) is 0 Å². The smallest absolute Gasteiger partial charge is 0.246 e. The van der Waals surface area contributed by atoms with E-state index < -0.39 is 0 Å². The average molecular weight is 185 g/mol. The summed E-state index contributed by atoms with van der Waals surface area (Å²) in [6.07, 6.45) is 3.85. The Balaban J connectivity index is 1.79. The summed E-state index contributed by atoms with van der Waals surface area (Å²) in [5.74, 6) is -0.0383. The average Bonchev–Trinajstić information content (AvgIpc) is 2.65. The molecule has 2 bridgehead atoms. The molecule has 2 fully saturated rings. The lowest BCUT2D eigenvalue weighted by atomic mass is 9.95. The van der Waals surface area contributed by atoms with Gasteiger partial charge >= 0.3 is 0 Å². The Morgan fingerprint density at radius 2 is 2.46 bits per heavy atom. The highest BCUT2D eigenvalue weighted by molar-refractivity contribution is 5.77. The number of methoxy groups -OCH3 is 1. The fourth-order valence-corrected chi connectivity index (χ4v) is 2.17. The number of nitrogens with one attached hydrogen (secondary N) is 1. The first-order valence-electron chi connectivity index (χ1n) is 4.73. The number of hydrogen-bond acceptors (Lipinski definition) is 3. The lowest BCUT2D eigenvalue weighted by molar-refractivity contribution is -0.125. The Labute approximate surface area is 77.6 Å². The number of amides is 1. The second-order valence-corrected chi connectivity index (χ2v) is 3.72. The van der Waals surface area contributed by atoms with E-state index in [9.17, 15) is 4.79 Å². The maximum atomic E-state index is 11.2. The maximum absolute atomic E-state index is 11.2. The molecule has 2 saturated heterocycles. The second-order valence-electron chi connectivity index (χ2n) is 3.72. The zero-order valence-electron chi connectivity index (χ0n) is 7.79. The molecule has 74 valence electrons. The van der Waals surface area contributed by atoms with Crippen molar-refractivity contribution in [3.05, 3.63) is 0 Å². The van der Waals surface area contributed by atoms with Crippen LogP contribution in [-0.4, -0.2) is 37.9 Å². The number of fused-ring (bicyclic) bond motifs is 2. The molecular formula is C9H15NO3. The highest BCUT2D eigenvalue weighted by atomic mass is 16.5. The first-order valence-corrected chi connectivity index (χ1v) is 4.73. The molecule has 0 aliphatic carbocycles. The summed E-state index contributed by atoms with van der Waals surface area (Å²) in [4.78, 5) is 11.2. The number of carbonyl (C=O) groups excluding carboxylic acids is 1. The number of rotatable bonds is 3. The Kier molecular flexibility index (Phi) is 2.51. The Morgan fingerprint density at radius 3 is 3.00 bits per heavy atom. The van der Waals surface area contributed by atoms with E-state index in [1.165, 1.54) is 7.11 Å². The molecule has 0 aromatic heterocycles. The Hall–Kier alpha value is -0.610. The molecule has 2 rings (SSSR count). The van der Waals surface area contributed by atoms with Crippen molar-refractivity contribution in [1.82, 2.24) is 5.32 Å². The van der Waals surface area contributed by atoms with Crippen molar-refractivity contribution in [2.24, 2.45) is 0 Å². The van der Waals surface area contributed by atoms with Crippen LogP contribution in [0.3, 0.4) is 0 Å². The summed E-state index contributed by atoms with van der Waals surface area (Å²) in [6.45, 7) is 0.147. The van der Waals surface area contributed by atoms with Crippen LogP contribution >= 0.6 is 0 Å². The predicted octanol–water partition coefficient (Wildman–Crippen LogP) is 0.0689. The molecule has 0 aromatic rings. The van der Waals surface area contributed by atoms with Crippen molar-refractivity contribution in [2.75, 3.05) is 13.7 Å². The van der Waals surface area contributed by atoms with Crippen molar-refractivity contribution in [1.29, 1.82) is 0 Å². The van der Waals surface area contributed by atoms with Gasteiger partial charge in [-0.15, -0.1) is 0 Å². The monoisotopic (exact) mass is 185 g/mol. The fraction of sp³-hybridized carbons (Fsp3) is 0.889. The molecule has 4 nitrogen and oxygen atoms in total. The highest BCUT2D eigenvalue weighted by Gasteiger charge is 2.41. The molecule has 13 heavy (non-hydrogen) atoms. The summed E-state index contributed by atoms with van der Waals surface area (Å²) in [5.41, 5.74) is 0. The Bertz CT molecular complexity index is 207. The van der Waals surface area contributed by atoms with Crippen molar-refractivity contribution in [2.45, 2.75) is 37.5 Å². The van der Waals surface area contributed by atoms with Gasteiger partial charge in [0.1, 0.15) is 6.61 Å². The van der Waals surface area contributed by atoms with E-state index in [-0.39, 0.29) is 24.7 Å². The third kappa shape index (κ3) is 1.84. The van der Waals surface area contributed by atoms with Crippen LogP contribution < -0.4 is 5.32 Å². The summed E-state index contributed by atoms with van der Waals surface area (Å²) in [6, 6.07) is 0.224. The van der Waals surface area contributed by atoms with Gasteiger partial charge < -0.3 is 14.8 Å². The van der Waals surface area contributed by atoms with E-state index in [1.54, 1.807) is 0 Å². The molecule has 0 aromatic carbocycles. The minimum absolute atomic E-state index is 0.0383. The quantitative estimate of drug-likeness (QED) is 0.676. The summed E-state index contributed by atoms with van der Waals surface area (Å²) in [7, 11) is 1.52. The normalized spacial score (nSPS) is 36.5. The van der Waals surface area contributed by atoms with Crippen LogP contribution in [0.15, 0.2) is 0 Å². The molecular weight excluding hydrogens is 170 g/mol. The molecule has 4 heteroatoms. The lowest BCUT2D eigenvalue weighted by Gasteiger charge is -2.19. The minimum Gasteiger partial charge on any atom is -0.375 e. The Morgan fingerprint density at radius 1 is 1.62 bits per heavy atom. The molecule has 1 amide bonds. The second kappa shape index (κ2) is 3.64. The third-order valence-electron chi connectivity index (χ3n) is 2.73. The molecule has 2 aliphatic rings. The van der Waals surface area contributed by atoms with E-state index in [1.807, 2.05) is 0 Å². The minimum atomic E-state index is -0.0383. The molecule has 1 N–H and O–H groups in total. The molecule has 2 aliphatic heterocycles. The number of ether oxygens (including phenoxy) is 2. The van der Waals surface area contributed by atoms with Crippen LogP contribution in [0.4, 0.5) is 0 Å². The lowest BCUT2D eigenvalue weighted by Crippen LogP contribution is -2.42. The van der Waals surface area contributed by atoms with Gasteiger partial charge in [0.2, 0.25) is 5.91 Å². The van der Waals surface area contributed by atoms with Crippen LogP contribution in [0, 0.1) is 0 Å². The van der Waals surface area contributed by atoms with Gasteiger partial charge in [-0.1, -0.05) is 0 Å². The topological polar surface area (TPSA) is 47.6 Å². The first-order chi connectivity index (χ1) is 6.29. The summed E-state index contributed by atoms with van der Waals surface area (Å²) < 4.78 is 10.3. The van der Waals surface area contributed by atoms with Gasteiger partial charge in [-0.2, -0.15) is 0 Å². The van der Waals surface area contributed by atoms with Gasteiger partial charge in [-0.25, -0.2) is 0 Å². The maximum Gasteiger partial charge on any atom is 0.246 e. The zero-order valence-corrected chi connectivity index (χ0v) is 7.79. The molecule has 0 radical (unpaired) electrons. The van der Waals surface area contributed by atoms with Crippen LogP contribution in [0.25, 0.3) is 0 Å². The van der Waals surface area contributed by atoms with E-state index in [0.717, 1.165) is 19.3 Å². The molecule has 0 spiro atoms. The zero-order chi connectivity index (χ0) is 9.26.